The van der Waals surface area contributed by atoms with E-state index in [0.29, 0.717) is 17.0 Å². The van der Waals surface area contributed by atoms with Gasteiger partial charge in [-0.25, -0.2) is 0 Å². The smallest absolute Gasteiger partial charge is 0.152 e. The van der Waals surface area contributed by atoms with E-state index in [-0.39, 0.29) is 0 Å². The maximum absolute atomic E-state index is 10.8. The Morgan fingerprint density at radius 2 is 2.07 bits per heavy atom. The van der Waals surface area contributed by atoms with E-state index in [0.717, 1.165) is 17.4 Å². The predicted octanol–water partition coefficient (Wildman–Crippen LogP) is 1.47. The van der Waals surface area contributed by atoms with Gasteiger partial charge in [0.1, 0.15) is 0 Å². The second-order valence-corrected chi connectivity index (χ2v) is 3.29. The van der Waals surface area contributed by atoms with E-state index < -0.39 is 0 Å². The molecule has 14 heavy (non-hydrogen) atoms. The van der Waals surface area contributed by atoms with Crippen LogP contribution in [0.3, 0.4) is 0 Å². The molecule has 0 aliphatic heterocycles. The highest BCUT2D eigenvalue weighted by Gasteiger charge is 2.06. The molecular formula is C11H14N2O. The van der Waals surface area contributed by atoms with Gasteiger partial charge < -0.3 is 11.5 Å². The van der Waals surface area contributed by atoms with Gasteiger partial charge in [0.25, 0.3) is 0 Å². The van der Waals surface area contributed by atoms with E-state index >= 15 is 0 Å². The lowest BCUT2D eigenvalue weighted by atomic mass is 9.99. The molecular weight excluding hydrogens is 176 g/mol. The van der Waals surface area contributed by atoms with E-state index in [4.69, 9.17) is 11.5 Å². The third kappa shape index (κ3) is 1.93. The topological polar surface area (TPSA) is 69.1 Å². The summed E-state index contributed by atoms with van der Waals surface area (Å²) in [6.45, 7) is 3.62. The quantitative estimate of drug-likeness (QED) is 0.421. The summed E-state index contributed by atoms with van der Waals surface area (Å²) >= 11 is 0. The molecule has 74 valence electrons. The molecule has 3 heteroatoms. The SMILES string of the molecule is C/C(N)=C(/C=O)c1cc(N)ccc1C. The van der Waals surface area contributed by atoms with Crippen molar-refractivity contribution in [2.24, 2.45) is 5.73 Å². The van der Waals surface area contributed by atoms with E-state index in [1.807, 2.05) is 13.0 Å². The van der Waals surface area contributed by atoms with Gasteiger partial charge in [0.15, 0.2) is 6.29 Å². The lowest BCUT2D eigenvalue weighted by molar-refractivity contribution is -0.103. The molecule has 1 aromatic carbocycles. The first-order chi connectivity index (χ1) is 6.56. The molecule has 0 unspecified atom stereocenters. The Kier molecular flexibility index (Phi) is 2.92. The predicted molar refractivity (Wildman–Crippen MR) is 58.4 cm³/mol. The zero-order valence-electron chi connectivity index (χ0n) is 8.37. The highest BCUT2D eigenvalue weighted by molar-refractivity contribution is 6.08. The summed E-state index contributed by atoms with van der Waals surface area (Å²) in [5, 5.41) is 0. The number of carbonyl (C=O) groups is 1. The fourth-order valence-corrected chi connectivity index (χ4v) is 1.30. The van der Waals surface area contributed by atoms with Crippen molar-refractivity contribution in [3.63, 3.8) is 0 Å². The number of hydrogen-bond donors (Lipinski definition) is 2. The molecule has 0 saturated heterocycles. The van der Waals surface area contributed by atoms with Gasteiger partial charge in [0.05, 0.1) is 0 Å². The normalized spacial score (nSPS) is 12.1. The van der Waals surface area contributed by atoms with Gasteiger partial charge in [0.2, 0.25) is 0 Å². The second-order valence-electron chi connectivity index (χ2n) is 3.29. The second kappa shape index (κ2) is 3.96. The molecule has 0 aliphatic carbocycles. The van der Waals surface area contributed by atoms with Crippen LogP contribution in [-0.2, 0) is 4.79 Å². The third-order valence-corrected chi connectivity index (χ3v) is 2.09. The van der Waals surface area contributed by atoms with Crippen molar-refractivity contribution in [1.82, 2.24) is 0 Å². The van der Waals surface area contributed by atoms with Crippen LogP contribution in [0.2, 0.25) is 0 Å². The molecule has 0 heterocycles. The molecule has 0 aromatic heterocycles. The van der Waals surface area contributed by atoms with Gasteiger partial charge in [-0.05, 0) is 37.1 Å². The van der Waals surface area contributed by atoms with Crippen molar-refractivity contribution >= 4 is 17.5 Å². The Labute approximate surface area is 83.4 Å². The standard InChI is InChI=1S/C11H14N2O/c1-7-3-4-9(13)5-10(7)11(6-14)8(2)12/h3-6H,12-13H2,1-2H3/b11-8+. The third-order valence-electron chi connectivity index (χ3n) is 2.09. The van der Waals surface area contributed by atoms with Gasteiger partial charge in [-0.15, -0.1) is 0 Å². The average molecular weight is 190 g/mol. The Morgan fingerprint density at radius 1 is 1.43 bits per heavy atom. The lowest BCUT2D eigenvalue weighted by Crippen LogP contribution is -2.01. The number of hydrogen-bond acceptors (Lipinski definition) is 3. The number of nitrogen functional groups attached to an aromatic ring is 1. The van der Waals surface area contributed by atoms with Crippen molar-refractivity contribution in [1.29, 1.82) is 0 Å². The summed E-state index contributed by atoms with van der Waals surface area (Å²) < 4.78 is 0. The number of carbonyl (C=O) groups excluding carboxylic acids is 1. The van der Waals surface area contributed by atoms with Crippen LogP contribution in [0.4, 0.5) is 5.69 Å². The minimum atomic E-state index is 0.508. The first kappa shape index (κ1) is 10.3. The van der Waals surface area contributed by atoms with Crippen LogP contribution >= 0.6 is 0 Å². The fourth-order valence-electron chi connectivity index (χ4n) is 1.30. The number of aryl methyl sites for hydroxylation is 1. The van der Waals surface area contributed by atoms with E-state index in [9.17, 15) is 4.79 Å². The molecule has 0 atom stereocenters. The van der Waals surface area contributed by atoms with Crippen LogP contribution < -0.4 is 11.5 Å². The molecule has 0 aliphatic rings. The summed E-state index contributed by atoms with van der Waals surface area (Å²) in [6, 6.07) is 5.43. The minimum absolute atomic E-state index is 0.508. The number of nitrogens with two attached hydrogens (primary N) is 2. The van der Waals surface area contributed by atoms with Crippen LogP contribution in [0.25, 0.3) is 5.57 Å². The summed E-state index contributed by atoms with van der Waals surface area (Å²) in [5.74, 6) is 0. The maximum atomic E-state index is 10.8. The monoisotopic (exact) mass is 190 g/mol. The van der Waals surface area contributed by atoms with Crippen LogP contribution in [0.5, 0.6) is 0 Å². The maximum Gasteiger partial charge on any atom is 0.152 e. The highest BCUT2D eigenvalue weighted by atomic mass is 16.1. The van der Waals surface area contributed by atoms with Crippen LogP contribution in [0, 0.1) is 6.92 Å². The Bertz CT molecular complexity index is 390. The molecule has 0 radical (unpaired) electrons. The van der Waals surface area contributed by atoms with Gasteiger partial charge in [-0.1, -0.05) is 6.07 Å². The molecule has 0 saturated carbocycles. The van der Waals surface area contributed by atoms with Crippen LogP contribution in [0.1, 0.15) is 18.1 Å². The van der Waals surface area contributed by atoms with Crippen molar-refractivity contribution in [2.75, 3.05) is 5.73 Å². The first-order valence-corrected chi connectivity index (χ1v) is 4.34. The molecule has 1 aromatic rings. The summed E-state index contributed by atoms with van der Waals surface area (Å²) in [6.07, 6.45) is 0.761. The molecule has 0 fully saturated rings. The highest BCUT2D eigenvalue weighted by Crippen LogP contribution is 2.21. The molecule has 0 bridgehead atoms. The van der Waals surface area contributed by atoms with Crippen molar-refractivity contribution in [3.05, 3.63) is 35.0 Å². The number of anilines is 1. The summed E-state index contributed by atoms with van der Waals surface area (Å²) in [4.78, 5) is 10.8. The summed E-state index contributed by atoms with van der Waals surface area (Å²) in [5.41, 5.74) is 14.7. The molecule has 0 spiro atoms. The van der Waals surface area contributed by atoms with Crippen molar-refractivity contribution < 1.29 is 4.79 Å². The Morgan fingerprint density at radius 3 is 2.57 bits per heavy atom. The first-order valence-electron chi connectivity index (χ1n) is 4.34. The number of aldehydes is 1. The molecule has 4 N–H and O–H groups in total. The summed E-state index contributed by atoms with van der Waals surface area (Å²) in [7, 11) is 0. The van der Waals surface area contributed by atoms with E-state index in [1.165, 1.54) is 0 Å². The number of rotatable bonds is 2. The fraction of sp³-hybridized carbons (Fsp3) is 0.182. The van der Waals surface area contributed by atoms with Gasteiger partial charge >= 0.3 is 0 Å². The van der Waals surface area contributed by atoms with E-state index in [2.05, 4.69) is 0 Å². The largest absolute Gasteiger partial charge is 0.402 e. The van der Waals surface area contributed by atoms with Gasteiger partial charge in [0, 0.05) is 17.0 Å². The number of benzene rings is 1. The molecule has 3 nitrogen and oxygen atoms in total. The minimum Gasteiger partial charge on any atom is -0.402 e. The van der Waals surface area contributed by atoms with Crippen LogP contribution in [0.15, 0.2) is 23.9 Å². The van der Waals surface area contributed by atoms with Gasteiger partial charge in [-0.2, -0.15) is 0 Å². The van der Waals surface area contributed by atoms with E-state index in [1.54, 1.807) is 19.1 Å². The molecule has 0 amide bonds. The van der Waals surface area contributed by atoms with Crippen LogP contribution in [-0.4, -0.2) is 6.29 Å². The molecule has 1 rings (SSSR count). The Hall–Kier alpha value is -1.77. The zero-order chi connectivity index (χ0) is 10.7. The number of allylic oxidation sites excluding steroid dienone is 2. The van der Waals surface area contributed by atoms with Crippen molar-refractivity contribution in [3.8, 4) is 0 Å². The van der Waals surface area contributed by atoms with Crippen molar-refractivity contribution in [2.45, 2.75) is 13.8 Å². The zero-order valence-corrected chi connectivity index (χ0v) is 8.37. The average Bonchev–Trinajstić information content (AvgIpc) is 2.11. The lowest BCUT2D eigenvalue weighted by Gasteiger charge is -2.07. The Balaban J connectivity index is 3.37. The van der Waals surface area contributed by atoms with Gasteiger partial charge in [-0.3, -0.25) is 4.79 Å².